The summed E-state index contributed by atoms with van der Waals surface area (Å²) >= 11 is 0. The smallest absolute Gasteiger partial charge is 0.296 e. The normalized spacial score (nSPS) is 12.7. The van der Waals surface area contributed by atoms with Crippen molar-refractivity contribution < 1.29 is 8.42 Å². The van der Waals surface area contributed by atoms with E-state index in [9.17, 15) is 8.42 Å². The first-order valence-electron chi connectivity index (χ1n) is 6.58. The zero-order valence-electron chi connectivity index (χ0n) is 12.0. The van der Waals surface area contributed by atoms with Crippen molar-refractivity contribution in [2.45, 2.75) is 19.9 Å². The summed E-state index contributed by atoms with van der Waals surface area (Å²) in [4.78, 5) is 0. The van der Waals surface area contributed by atoms with E-state index in [-0.39, 0.29) is 6.04 Å². The maximum atomic E-state index is 11.0. The molecule has 2 rings (SSSR count). The molecule has 0 amide bonds. The Hall–Kier alpha value is -2.05. The molecule has 0 saturated heterocycles. The average Bonchev–Trinajstić information content (AvgIpc) is 2.37. The van der Waals surface area contributed by atoms with Crippen molar-refractivity contribution in [1.29, 1.82) is 0 Å². The fourth-order valence-electron chi connectivity index (χ4n) is 2.24. The first-order valence-corrected chi connectivity index (χ1v) is 8.12. The van der Waals surface area contributed by atoms with Crippen molar-refractivity contribution in [3.05, 3.63) is 59.7 Å². The third-order valence-corrected chi connectivity index (χ3v) is 3.68. The number of rotatable bonds is 5. The fraction of sp³-hybridized carbons (Fsp3) is 0.200. The molecule has 0 spiro atoms. The molecule has 5 nitrogen and oxygen atoms in total. The molecule has 2 aromatic carbocycles. The number of hydrogen-bond donors (Lipinski definition) is 3. The molecule has 2 aromatic rings. The second kappa shape index (κ2) is 6.15. The van der Waals surface area contributed by atoms with Gasteiger partial charge >= 0.3 is 0 Å². The molecule has 0 aromatic heterocycles. The number of nitrogens with two attached hydrogens (primary N) is 1. The standard InChI is InChI=1S/C15H19N3O2S/c1-11-6-3-4-9-15(11)12(2)17-13-7-5-8-14(10-13)18-21(16,19)20/h3-10,12,17-18H,1-2H3,(H2,16,19,20). The summed E-state index contributed by atoms with van der Waals surface area (Å²) in [6, 6.07) is 15.2. The number of benzene rings is 2. The Balaban J connectivity index is 2.16. The number of aryl methyl sites for hydroxylation is 1. The van der Waals surface area contributed by atoms with Gasteiger partial charge in [0.2, 0.25) is 0 Å². The molecule has 112 valence electrons. The lowest BCUT2D eigenvalue weighted by Crippen LogP contribution is -2.21. The highest BCUT2D eigenvalue weighted by Gasteiger charge is 2.08. The predicted molar refractivity (Wildman–Crippen MR) is 86.4 cm³/mol. The zero-order chi connectivity index (χ0) is 15.5. The summed E-state index contributed by atoms with van der Waals surface area (Å²) < 4.78 is 24.3. The van der Waals surface area contributed by atoms with Crippen LogP contribution in [-0.2, 0) is 10.2 Å². The van der Waals surface area contributed by atoms with Crippen LogP contribution >= 0.6 is 0 Å². The van der Waals surface area contributed by atoms with Crippen molar-refractivity contribution in [2.24, 2.45) is 5.14 Å². The summed E-state index contributed by atoms with van der Waals surface area (Å²) in [5.74, 6) is 0. The number of nitrogens with one attached hydrogen (secondary N) is 2. The first-order chi connectivity index (χ1) is 9.85. The van der Waals surface area contributed by atoms with Crippen LogP contribution < -0.4 is 15.2 Å². The van der Waals surface area contributed by atoms with Gasteiger partial charge in [0.1, 0.15) is 0 Å². The van der Waals surface area contributed by atoms with E-state index >= 15 is 0 Å². The van der Waals surface area contributed by atoms with E-state index < -0.39 is 10.2 Å². The van der Waals surface area contributed by atoms with E-state index in [0.29, 0.717) is 5.69 Å². The van der Waals surface area contributed by atoms with Crippen molar-refractivity contribution in [3.63, 3.8) is 0 Å². The molecule has 0 aliphatic rings. The Morgan fingerprint density at radius 3 is 2.38 bits per heavy atom. The topological polar surface area (TPSA) is 84.2 Å². The van der Waals surface area contributed by atoms with Crippen molar-refractivity contribution in [2.75, 3.05) is 10.0 Å². The van der Waals surface area contributed by atoms with Crippen LogP contribution in [0.3, 0.4) is 0 Å². The Morgan fingerprint density at radius 1 is 1.05 bits per heavy atom. The van der Waals surface area contributed by atoms with E-state index in [1.807, 2.05) is 18.2 Å². The van der Waals surface area contributed by atoms with Gasteiger partial charge in [-0.3, -0.25) is 4.72 Å². The van der Waals surface area contributed by atoms with E-state index in [1.54, 1.807) is 18.2 Å². The quantitative estimate of drug-likeness (QED) is 0.794. The molecule has 0 aliphatic heterocycles. The molecule has 0 saturated carbocycles. The average molecular weight is 305 g/mol. The van der Waals surface area contributed by atoms with Gasteiger partial charge in [0.05, 0.1) is 5.69 Å². The molecule has 21 heavy (non-hydrogen) atoms. The van der Waals surface area contributed by atoms with Crippen LogP contribution in [0.1, 0.15) is 24.1 Å². The summed E-state index contributed by atoms with van der Waals surface area (Å²) in [6.45, 7) is 4.12. The minimum atomic E-state index is -3.76. The Morgan fingerprint density at radius 2 is 1.71 bits per heavy atom. The maximum Gasteiger partial charge on any atom is 0.296 e. The van der Waals surface area contributed by atoms with Crippen LogP contribution in [0.15, 0.2) is 48.5 Å². The largest absolute Gasteiger partial charge is 0.378 e. The van der Waals surface area contributed by atoms with Gasteiger partial charge in [-0.15, -0.1) is 0 Å². The van der Waals surface area contributed by atoms with Gasteiger partial charge in [-0.05, 0) is 43.2 Å². The zero-order valence-corrected chi connectivity index (χ0v) is 12.8. The van der Waals surface area contributed by atoms with E-state index in [0.717, 1.165) is 5.69 Å². The van der Waals surface area contributed by atoms with Crippen LogP contribution in [-0.4, -0.2) is 8.42 Å². The van der Waals surface area contributed by atoms with Gasteiger partial charge in [0.15, 0.2) is 0 Å². The van der Waals surface area contributed by atoms with Gasteiger partial charge < -0.3 is 5.32 Å². The summed E-state index contributed by atoms with van der Waals surface area (Å²) in [6.07, 6.45) is 0. The molecule has 0 fully saturated rings. The highest BCUT2D eigenvalue weighted by atomic mass is 32.2. The van der Waals surface area contributed by atoms with Gasteiger partial charge in [-0.2, -0.15) is 8.42 Å². The summed E-state index contributed by atoms with van der Waals surface area (Å²) in [5, 5.41) is 8.32. The van der Waals surface area contributed by atoms with Crippen molar-refractivity contribution >= 4 is 21.6 Å². The van der Waals surface area contributed by atoms with Crippen LogP contribution in [0, 0.1) is 6.92 Å². The van der Waals surface area contributed by atoms with E-state index in [2.05, 4.69) is 36.0 Å². The van der Waals surface area contributed by atoms with Gasteiger partial charge in [-0.1, -0.05) is 30.3 Å². The minimum Gasteiger partial charge on any atom is -0.378 e. The highest BCUT2D eigenvalue weighted by Crippen LogP contribution is 2.23. The van der Waals surface area contributed by atoms with Gasteiger partial charge in [0, 0.05) is 11.7 Å². The minimum absolute atomic E-state index is 0.107. The van der Waals surface area contributed by atoms with E-state index in [4.69, 9.17) is 5.14 Å². The third-order valence-electron chi connectivity index (χ3n) is 3.16. The third kappa shape index (κ3) is 4.47. The van der Waals surface area contributed by atoms with Gasteiger partial charge in [0.25, 0.3) is 10.2 Å². The van der Waals surface area contributed by atoms with Gasteiger partial charge in [-0.25, -0.2) is 5.14 Å². The summed E-state index contributed by atoms with van der Waals surface area (Å²) in [7, 11) is -3.76. The lowest BCUT2D eigenvalue weighted by Gasteiger charge is -2.18. The lowest BCUT2D eigenvalue weighted by atomic mass is 10.0. The SMILES string of the molecule is Cc1ccccc1C(C)Nc1cccc(NS(N)(=O)=O)c1. The molecule has 0 aliphatic carbocycles. The monoisotopic (exact) mass is 305 g/mol. The van der Waals surface area contributed by atoms with Crippen LogP contribution in [0.2, 0.25) is 0 Å². The molecular formula is C15H19N3O2S. The second-order valence-electron chi connectivity index (χ2n) is 4.95. The molecule has 0 radical (unpaired) electrons. The molecule has 1 atom stereocenters. The lowest BCUT2D eigenvalue weighted by molar-refractivity contribution is 0.603. The van der Waals surface area contributed by atoms with Crippen molar-refractivity contribution in [3.8, 4) is 0 Å². The first kappa shape index (κ1) is 15.3. The van der Waals surface area contributed by atoms with Crippen LogP contribution in [0.5, 0.6) is 0 Å². The van der Waals surface area contributed by atoms with Crippen LogP contribution in [0.25, 0.3) is 0 Å². The summed E-state index contributed by atoms with van der Waals surface area (Å²) in [5.41, 5.74) is 3.65. The fourth-order valence-corrected chi connectivity index (χ4v) is 2.69. The molecule has 1 unspecified atom stereocenters. The molecule has 0 bridgehead atoms. The predicted octanol–water partition coefficient (Wildman–Crippen LogP) is 2.78. The molecule has 0 heterocycles. The molecular weight excluding hydrogens is 286 g/mol. The number of hydrogen-bond acceptors (Lipinski definition) is 3. The van der Waals surface area contributed by atoms with Crippen molar-refractivity contribution in [1.82, 2.24) is 0 Å². The maximum absolute atomic E-state index is 11.0. The Kier molecular flexibility index (Phi) is 4.50. The Bertz CT molecular complexity index is 729. The van der Waals surface area contributed by atoms with Crippen LogP contribution in [0.4, 0.5) is 11.4 Å². The highest BCUT2D eigenvalue weighted by molar-refractivity contribution is 7.90. The second-order valence-corrected chi connectivity index (χ2v) is 6.24. The number of anilines is 2. The molecule has 4 N–H and O–H groups in total. The Labute approximate surface area is 125 Å². The van der Waals surface area contributed by atoms with E-state index in [1.165, 1.54) is 11.1 Å². The molecule has 6 heteroatoms.